The van der Waals surface area contributed by atoms with Crippen molar-refractivity contribution in [2.45, 2.75) is 26.4 Å². The van der Waals surface area contributed by atoms with Gasteiger partial charge >= 0.3 is 5.97 Å². The summed E-state index contributed by atoms with van der Waals surface area (Å²) in [5.74, 6) is 1.08. The maximum atomic E-state index is 11.3. The van der Waals surface area contributed by atoms with E-state index in [0.29, 0.717) is 5.92 Å². The van der Waals surface area contributed by atoms with Gasteiger partial charge in [-0.1, -0.05) is 19.9 Å². The molecule has 1 aromatic heterocycles. The molecule has 2 rings (SSSR count). The Kier molecular flexibility index (Phi) is 4.16. The largest absolute Gasteiger partial charge is 0.460 e. The number of aromatic nitrogens is 2. The molecule has 0 aliphatic carbocycles. The number of hydrogen-bond acceptors (Lipinski definition) is 4. The van der Waals surface area contributed by atoms with Crippen LogP contribution in [0, 0.1) is 0 Å². The van der Waals surface area contributed by atoms with Crippen molar-refractivity contribution in [2.24, 2.45) is 0 Å². The van der Waals surface area contributed by atoms with Crippen LogP contribution in [-0.2, 0) is 16.1 Å². The minimum Gasteiger partial charge on any atom is -0.460 e. The molecule has 0 radical (unpaired) electrons. The number of aromatic amines is 1. The second-order valence-corrected chi connectivity index (χ2v) is 4.82. The Morgan fingerprint density at radius 3 is 2.95 bits per heavy atom. The van der Waals surface area contributed by atoms with Crippen LogP contribution in [0.2, 0.25) is 0 Å². The summed E-state index contributed by atoms with van der Waals surface area (Å²) in [6.07, 6.45) is 0. The van der Waals surface area contributed by atoms with E-state index >= 15 is 0 Å². The Labute approximate surface area is 112 Å². The highest BCUT2D eigenvalue weighted by molar-refractivity contribution is 5.76. The Morgan fingerprint density at radius 1 is 1.47 bits per heavy atom. The van der Waals surface area contributed by atoms with Gasteiger partial charge in [-0.05, 0) is 24.7 Å². The molecule has 0 aliphatic rings. The van der Waals surface area contributed by atoms with Crippen molar-refractivity contribution in [1.82, 2.24) is 15.3 Å². The number of nitrogens with zero attached hydrogens (tertiary/aromatic N) is 1. The van der Waals surface area contributed by atoms with Crippen LogP contribution in [0.1, 0.15) is 31.2 Å². The monoisotopic (exact) mass is 261 g/mol. The van der Waals surface area contributed by atoms with Crippen LogP contribution in [0.25, 0.3) is 11.0 Å². The average Bonchev–Trinajstić information content (AvgIpc) is 2.80. The first-order chi connectivity index (χ1) is 9.10. The van der Waals surface area contributed by atoms with E-state index in [4.69, 9.17) is 4.74 Å². The second kappa shape index (κ2) is 5.84. The summed E-state index contributed by atoms with van der Waals surface area (Å²) in [7, 11) is 1.71. The van der Waals surface area contributed by atoms with Crippen LogP contribution in [-0.4, -0.2) is 29.5 Å². The summed E-state index contributed by atoms with van der Waals surface area (Å²) in [5.41, 5.74) is 2.87. The molecule has 2 aromatic rings. The molecular weight excluding hydrogens is 242 g/mol. The Bertz CT molecular complexity index is 575. The number of fused-ring (bicyclic) bond motifs is 1. The summed E-state index contributed by atoms with van der Waals surface area (Å²) in [6.45, 7) is 4.70. The Hall–Kier alpha value is -1.88. The lowest BCUT2D eigenvalue weighted by molar-refractivity contribution is -0.143. The van der Waals surface area contributed by atoms with Crippen molar-refractivity contribution in [3.8, 4) is 0 Å². The number of hydrogen-bond donors (Lipinski definition) is 2. The molecule has 0 fully saturated rings. The van der Waals surface area contributed by atoms with Crippen LogP contribution < -0.4 is 5.32 Å². The molecule has 0 spiro atoms. The van der Waals surface area contributed by atoms with Gasteiger partial charge in [0.05, 0.1) is 17.6 Å². The lowest BCUT2D eigenvalue weighted by Crippen LogP contribution is -2.20. The number of likely N-dealkylation sites (N-methyl/N-ethyl adjacent to an activating group) is 1. The molecule has 0 bridgehead atoms. The summed E-state index contributed by atoms with van der Waals surface area (Å²) < 4.78 is 5.14. The predicted molar refractivity (Wildman–Crippen MR) is 73.9 cm³/mol. The number of nitrogens with one attached hydrogen (secondary N) is 2. The second-order valence-electron chi connectivity index (χ2n) is 4.82. The molecule has 5 heteroatoms. The fourth-order valence-electron chi connectivity index (χ4n) is 1.80. The molecule has 0 unspecified atom stereocenters. The van der Waals surface area contributed by atoms with Gasteiger partial charge < -0.3 is 15.0 Å². The fourth-order valence-corrected chi connectivity index (χ4v) is 1.80. The first kappa shape index (κ1) is 13.5. The van der Waals surface area contributed by atoms with E-state index < -0.39 is 0 Å². The van der Waals surface area contributed by atoms with E-state index in [2.05, 4.69) is 29.1 Å². The minimum atomic E-state index is -0.255. The van der Waals surface area contributed by atoms with E-state index in [9.17, 15) is 4.79 Å². The molecule has 0 saturated carbocycles. The number of carbonyl (C=O) groups excluding carboxylic acids is 1. The number of benzene rings is 1. The van der Waals surface area contributed by atoms with Crippen LogP contribution in [0.5, 0.6) is 0 Å². The standard InChI is InChI=1S/C14H19N3O2/c1-9(2)14-16-11-5-4-10(6-12(11)17-14)8-19-13(18)7-15-3/h4-6,9,15H,7-8H2,1-3H3,(H,16,17). The van der Waals surface area contributed by atoms with Crippen molar-refractivity contribution in [1.29, 1.82) is 0 Å². The molecular formula is C14H19N3O2. The highest BCUT2D eigenvalue weighted by Gasteiger charge is 2.07. The number of carbonyl (C=O) groups is 1. The average molecular weight is 261 g/mol. The summed E-state index contributed by atoms with van der Waals surface area (Å²) in [6, 6.07) is 5.85. The predicted octanol–water partition coefficient (Wildman–Crippen LogP) is 1.95. The minimum absolute atomic E-state index is 0.226. The van der Waals surface area contributed by atoms with Gasteiger partial charge in [0.1, 0.15) is 12.4 Å². The Balaban J connectivity index is 2.10. The van der Waals surface area contributed by atoms with Crippen LogP contribution >= 0.6 is 0 Å². The number of esters is 1. The van der Waals surface area contributed by atoms with Gasteiger partial charge in [-0.3, -0.25) is 4.79 Å². The van der Waals surface area contributed by atoms with Crippen molar-refractivity contribution in [3.63, 3.8) is 0 Å². The third-order valence-electron chi connectivity index (χ3n) is 2.83. The molecule has 1 heterocycles. The maximum absolute atomic E-state index is 11.3. The lowest BCUT2D eigenvalue weighted by Gasteiger charge is -2.04. The molecule has 0 amide bonds. The summed E-state index contributed by atoms with van der Waals surface area (Å²) in [4.78, 5) is 19.1. The highest BCUT2D eigenvalue weighted by atomic mass is 16.5. The first-order valence-electron chi connectivity index (χ1n) is 6.39. The molecule has 5 nitrogen and oxygen atoms in total. The van der Waals surface area contributed by atoms with Crippen molar-refractivity contribution in [3.05, 3.63) is 29.6 Å². The molecule has 102 valence electrons. The quantitative estimate of drug-likeness (QED) is 0.807. The van der Waals surface area contributed by atoms with Gasteiger partial charge in [0.25, 0.3) is 0 Å². The summed E-state index contributed by atoms with van der Waals surface area (Å²) >= 11 is 0. The van der Waals surface area contributed by atoms with Gasteiger partial charge in [-0.15, -0.1) is 0 Å². The zero-order valence-electron chi connectivity index (χ0n) is 11.5. The molecule has 2 N–H and O–H groups in total. The van der Waals surface area contributed by atoms with Gasteiger partial charge in [0.15, 0.2) is 0 Å². The Morgan fingerprint density at radius 2 is 2.26 bits per heavy atom. The highest BCUT2D eigenvalue weighted by Crippen LogP contribution is 2.18. The van der Waals surface area contributed by atoms with E-state index in [1.54, 1.807) is 7.05 Å². The molecule has 19 heavy (non-hydrogen) atoms. The van der Waals surface area contributed by atoms with Gasteiger partial charge in [-0.25, -0.2) is 4.98 Å². The third kappa shape index (κ3) is 3.32. The van der Waals surface area contributed by atoms with Crippen molar-refractivity contribution in [2.75, 3.05) is 13.6 Å². The molecule has 0 aliphatic heterocycles. The zero-order chi connectivity index (χ0) is 13.8. The van der Waals surface area contributed by atoms with Crippen LogP contribution in [0.4, 0.5) is 0 Å². The fraction of sp³-hybridized carbons (Fsp3) is 0.429. The van der Waals surface area contributed by atoms with Crippen molar-refractivity contribution >= 4 is 17.0 Å². The maximum Gasteiger partial charge on any atom is 0.320 e. The van der Waals surface area contributed by atoms with Gasteiger partial charge in [-0.2, -0.15) is 0 Å². The topological polar surface area (TPSA) is 67.0 Å². The molecule has 1 aromatic carbocycles. The SMILES string of the molecule is CNCC(=O)OCc1ccc2nc(C(C)C)[nH]c2c1. The van der Waals surface area contributed by atoms with Gasteiger partial charge in [0.2, 0.25) is 0 Å². The third-order valence-corrected chi connectivity index (χ3v) is 2.83. The number of H-pyrrole nitrogens is 1. The summed E-state index contributed by atoms with van der Waals surface area (Å²) in [5, 5.41) is 2.76. The van der Waals surface area contributed by atoms with E-state index in [0.717, 1.165) is 22.4 Å². The van der Waals surface area contributed by atoms with Crippen molar-refractivity contribution < 1.29 is 9.53 Å². The first-order valence-corrected chi connectivity index (χ1v) is 6.39. The zero-order valence-corrected chi connectivity index (χ0v) is 11.5. The van der Waals surface area contributed by atoms with E-state index in [-0.39, 0.29) is 19.1 Å². The lowest BCUT2D eigenvalue weighted by atomic mass is 10.2. The molecule has 0 atom stereocenters. The number of imidazole rings is 1. The van der Waals surface area contributed by atoms with E-state index in [1.165, 1.54) is 0 Å². The van der Waals surface area contributed by atoms with Crippen LogP contribution in [0.15, 0.2) is 18.2 Å². The smallest absolute Gasteiger partial charge is 0.320 e. The number of ether oxygens (including phenoxy) is 1. The normalized spacial score (nSPS) is 11.2. The van der Waals surface area contributed by atoms with E-state index in [1.807, 2.05) is 18.2 Å². The van der Waals surface area contributed by atoms with Crippen LogP contribution in [0.3, 0.4) is 0 Å². The van der Waals surface area contributed by atoms with Gasteiger partial charge in [0, 0.05) is 5.92 Å². The molecule has 0 saturated heterocycles. The number of rotatable bonds is 5.